The fourth-order valence-corrected chi connectivity index (χ4v) is 2.16. The number of rotatable bonds is 5. The van der Waals surface area contributed by atoms with Crippen LogP contribution in [0.2, 0.25) is 0 Å². The quantitative estimate of drug-likeness (QED) is 0.899. The molecule has 106 valence electrons. The van der Waals surface area contributed by atoms with Crippen LogP contribution >= 0.6 is 0 Å². The van der Waals surface area contributed by atoms with E-state index in [0.29, 0.717) is 17.9 Å². The molecule has 2 rings (SSSR count). The average molecular weight is 271 g/mol. The molecule has 0 bridgehead atoms. The molecule has 0 fully saturated rings. The molecular weight excluding hydrogens is 250 g/mol. The fourth-order valence-electron chi connectivity index (χ4n) is 2.16. The predicted octanol–water partition coefficient (Wildman–Crippen LogP) is 3.77. The van der Waals surface area contributed by atoms with Crippen LogP contribution in [0, 0.1) is 0 Å². The third kappa shape index (κ3) is 2.93. The average Bonchev–Trinajstić information content (AvgIpc) is 2.47. The van der Waals surface area contributed by atoms with Gasteiger partial charge in [0.05, 0.1) is 12.2 Å². The predicted molar refractivity (Wildman–Crippen MR) is 82.3 cm³/mol. The van der Waals surface area contributed by atoms with Crippen LogP contribution in [0.25, 0.3) is 10.8 Å². The first-order valence-corrected chi connectivity index (χ1v) is 7.12. The lowest BCUT2D eigenvalue weighted by Crippen LogP contribution is -2.32. The summed E-state index contributed by atoms with van der Waals surface area (Å²) in [4.78, 5) is 12.5. The molecule has 1 atom stereocenters. The molecule has 0 radical (unpaired) electrons. The Kier molecular flexibility index (Phi) is 4.61. The highest BCUT2D eigenvalue weighted by Crippen LogP contribution is 2.28. The van der Waals surface area contributed by atoms with Crippen LogP contribution in [-0.4, -0.2) is 18.6 Å². The summed E-state index contributed by atoms with van der Waals surface area (Å²) in [7, 11) is 0. The lowest BCUT2D eigenvalue weighted by molar-refractivity contribution is 0.0937. The van der Waals surface area contributed by atoms with Crippen molar-refractivity contribution in [2.24, 2.45) is 0 Å². The summed E-state index contributed by atoms with van der Waals surface area (Å²) < 4.78 is 5.62. The second kappa shape index (κ2) is 6.42. The summed E-state index contributed by atoms with van der Waals surface area (Å²) >= 11 is 0. The number of nitrogens with one attached hydrogen (secondary N) is 1. The lowest BCUT2D eigenvalue weighted by Gasteiger charge is -2.16. The Bertz CT molecular complexity index is 607. The van der Waals surface area contributed by atoms with Crippen molar-refractivity contribution in [3.05, 3.63) is 42.0 Å². The minimum absolute atomic E-state index is 0.0698. The zero-order valence-electron chi connectivity index (χ0n) is 12.3. The van der Waals surface area contributed by atoms with E-state index in [2.05, 4.69) is 12.2 Å². The van der Waals surface area contributed by atoms with Gasteiger partial charge in [-0.25, -0.2) is 0 Å². The van der Waals surface area contributed by atoms with Gasteiger partial charge in [0.2, 0.25) is 0 Å². The lowest BCUT2D eigenvalue weighted by atomic mass is 10.0. The van der Waals surface area contributed by atoms with Crippen molar-refractivity contribution in [3.63, 3.8) is 0 Å². The molecular formula is C17H21NO2. The fraction of sp³-hybridized carbons (Fsp3) is 0.353. The number of ether oxygens (including phenoxy) is 1. The molecule has 2 aromatic rings. The molecule has 20 heavy (non-hydrogen) atoms. The number of carbonyl (C=O) groups is 1. The van der Waals surface area contributed by atoms with Crippen LogP contribution in [0.5, 0.6) is 5.75 Å². The van der Waals surface area contributed by atoms with Crippen molar-refractivity contribution in [1.82, 2.24) is 5.32 Å². The highest BCUT2D eigenvalue weighted by atomic mass is 16.5. The number of amides is 1. The largest absolute Gasteiger partial charge is 0.493 e. The molecule has 0 aliphatic rings. The van der Waals surface area contributed by atoms with Crippen molar-refractivity contribution >= 4 is 16.7 Å². The van der Waals surface area contributed by atoms with E-state index in [4.69, 9.17) is 4.74 Å². The molecule has 0 aromatic heterocycles. The zero-order valence-corrected chi connectivity index (χ0v) is 12.3. The van der Waals surface area contributed by atoms with Gasteiger partial charge in [0.1, 0.15) is 5.75 Å². The number of hydrogen-bond donors (Lipinski definition) is 1. The molecule has 0 saturated heterocycles. The maximum atomic E-state index is 12.5. The molecule has 1 amide bonds. The van der Waals surface area contributed by atoms with Gasteiger partial charge in [-0.2, -0.15) is 0 Å². The first-order chi connectivity index (χ1) is 9.67. The first kappa shape index (κ1) is 14.4. The monoisotopic (exact) mass is 271 g/mol. The molecule has 3 nitrogen and oxygen atoms in total. The summed E-state index contributed by atoms with van der Waals surface area (Å²) in [5.74, 6) is 0.576. The molecule has 0 unspecified atom stereocenters. The highest BCUT2D eigenvalue weighted by molar-refractivity contribution is 6.09. The smallest absolute Gasteiger partial charge is 0.255 e. The summed E-state index contributed by atoms with van der Waals surface area (Å²) in [6, 6.07) is 11.9. The Morgan fingerprint density at radius 1 is 1.20 bits per heavy atom. The Balaban J connectivity index is 2.51. The number of hydrogen-bond acceptors (Lipinski definition) is 2. The minimum atomic E-state index is -0.0698. The van der Waals surface area contributed by atoms with Gasteiger partial charge in [0.25, 0.3) is 5.91 Å². The topological polar surface area (TPSA) is 38.3 Å². The van der Waals surface area contributed by atoms with E-state index in [1.54, 1.807) is 0 Å². The summed E-state index contributed by atoms with van der Waals surface area (Å²) in [6.45, 7) is 6.52. The van der Waals surface area contributed by atoms with Crippen LogP contribution in [0.3, 0.4) is 0 Å². The van der Waals surface area contributed by atoms with Gasteiger partial charge in [-0.1, -0.05) is 37.3 Å². The van der Waals surface area contributed by atoms with Crippen molar-refractivity contribution < 1.29 is 9.53 Å². The normalized spacial score (nSPS) is 12.2. The van der Waals surface area contributed by atoms with Gasteiger partial charge >= 0.3 is 0 Å². The van der Waals surface area contributed by atoms with E-state index in [1.807, 2.05) is 50.2 Å². The van der Waals surface area contributed by atoms with Crippen LogP contribution in [0.15, 0.2) is 36.4 Å². The van der Waals surface area contributed by atoms with E-state index < -0.39 is 0 Å². The van der Waals surface area contributed by atoms with Gasteiger partial charge in [-0.05, 0) is 37.1 Å². The molecule has 0 spiro atoms. The van der Waals surface area contributed by atoms with E-state index >= 15 is 0 Å². The number of carbonyl (C=O) groups excluding carboxylic acids is 1. The second-order valence-corrected chi connectivity index (χ2v) is 4.88. The third-order valence-electron chi connectivity index (χ3n) is 3.41. The van der Waals surface area contributed by atoms with Crippen LogP contribution in [0.4, 0.5) is 0 Å². The van der Waals surface area contributed by atoms with Gasteiger partial charge in [0, 0.05) is 6.04 Å². The maximum Gasteiger partial charge on any atom is 0.255 e. The Morgan fingerprint density at radius 3 is 2.65 bits per heavy atom. The Hall–Kier alpha value is -2.03. The van der Waals surface area contributed by atoms with E-state index in [9.17, 15) is 4.79 Å². The molecule has 0 aliphatic heterocycles. The van der Waals surface area contributed by atoms with Crippen molar-refractivity contribution in [2.75, 3.05) is 6.61 Å². The van der Waals surface area contributed by atoms with E-state index in [1.165, 1.54) is 0 Å². The summed E-state index contributed by atoms with van der Waals surface area (Å²) in [5, 5.41) is 4.99. The van der Waals surface area contributed by atoms with Crippen LogP contribution in [0.1, 0.15) is 37.6 Å². The number of fused-ring (bicyclic) bond motifs is 1. The highest BCUT2D eigenvalue weighted by Gasteiger charge is 2.17. The molecule has 0 heterocycles. The van der Waals surface area contributed by atoms with Crippen molar-refractivity contribution in [3.8, 4) is 5.75 Å². The summed E-state index contributed by atoms with van der Waals surface area (Å²) in [6.07, 6.45) is 0.903. The van der Waals surface area contributed by atoms with E-state index in [-0.39, 0.29) is 11.9 Å². The zero-order chi connectivity index (χ0) is 14.5. The standard InChI is InChI=1S/C17H21NO2/c1-4-12(3)18-17(19)16-14-9-7-6-8-13(14)10-11-15(16)20-5-2/h6-12H,4-5H2,1-3H3,(H,18,19)/t12-/m1/s1. The molecule has 2 aromatic carbocycles. The molecule has 1 N–H and O–H groups in total. The Labute approximate surface area is 119 Å². The van der Waals surface area contributed by atoms with Crippen LogP contribution in [-0.2, 0) is 0 Å². The van der Waals surface area contributed by atoms with Crippen molar-refractivity contribution in [2.45, 2.75) is 33.2 Å². The van der Waals surface area contributed by atoms with E-state index in [0.717, 1.165) is 17.2 Å². The summed E-state index contributed by atoms with van der Waals surface area (Å²) in [5.41, 5.74) is 0.630. The Morgan fingerprint density at radius 2 is 1.95 bits per heavy atom. The van der Waals surface area contributed by atoms with Gasteiger partial charge in [0.15, 0.2) is 0 Å². The molecule has 0 saturated carbocycles. The third-order valence-corrected chi connectivity index (χ3v) is 3.41. The maximum absolute atomic E-state index is 12.5. The molecule has 0 aliphatic carbocycles. The number of benzene rings is 2. The SMILES string of the molecule is CCOc1ccc2ccccc2c1C(=O)N[C@H](C)CC. The molecule has 3 heteroatoms. The van der Waals surface area contributed by atoms with Gasteiger partial charge in [-0.15, -0.1) is 0 Å². The van der Waals surface area contributed by atoms with Crippen LogP contribution < -0.4 is 10.1 Å². The van der Waals surface area contributed by atoms with Gasteiger partial charge in [-0.3, -0.25) is 4.79 Å². The second-order valence-electron chi connectivity index (χ2n) is 4.88. The minimum Gasteiger partial charge on any atom is -0.493 e. The van der Waals surface area contributed by atoms with Gasteiger partial charge < -0.3 is 10.1 Å². The first-order valence-electron chi connectivity index (χ1n) is 7.12. The van der Waals surface area contributed by atoms with Crippen molar-refractivity contribution in [1.29, 1.82) is 0 Å².